The third-order valence-electron chi connectivity index (χ3n) is 2.51. The highest BCUT2D eigenvalue weighted by Crippen LogP contribution is 2.09. The van der Waals surface area contributed by atoms with Crippen molar-refractivity contribution in [1.29, 1.82) is 0 Å². The Morgan fingerprint density at radius 2 is 2.29 bits per heavy atom. The van der Waals surface area contributed by atoms with Crippen molar-refractivity contribution in [3.05, 3.63) is 23.9 Å². The predicted molar refractivity (Wildman–Crippen MR) is 67.2 cm³/mol. The van der Waals surface area contributed by atoms with Gasteiger partial charge >= 0.3 is 0 Å². The molecule has 1 atom stereocenters. The van der Waals surface area contributed by atoms with E-state index in [1.54, 1.807) is 18.3 Å². The minimum absolute atomic E-state index is 0.0478. The first-order valence-electron chi connectivity index (χ1n) is 5.63. The summed E-state index contributed by atoms with van der Waals surface area (Å²) in [5.41, 5.74) is 0.551. The number of carbonyl (C=O) groups excluding carboxylic acids is 1. The number of aliphatic hydroxyl groups is 1. The van der Waals surface area contributed by atoms with Crippen molar-refractivity contribution >= 4 is 11.7 Å². The number of nitrogens with one attached hydrogen (secondary N) is 1. The van der Waals surface area contributed by atoms with E-state index >= 15 is 0 Å². The predicted octanol–water partition coefficient (Wildman–Crippen LogP) is 0.648. The molecular weight excluding hydrogens is 218 g/mol. The average Bonchev–Trinajstić information content (AvgIpc) is 2.35. The van der Waals surface area contributed by atoms with Gasteiger partial charge in [-0.3, -0.25) is 4.79 Å². The summed E-state index contributed by atoms with van der Waals surface area (Å²) in [5, 5.41) is 11.8. The van der Waals surface area contributed by atoms with Crippen molar-refractivity contribution in [2.45, 2.75) is 19.4 Å². The first-order chi connectivity index (χ1) is 8.08. The lowest BCUT2D eigenvalue weighted by Gasteiger charge is -2.15. The van der Waals surface area contributed by atoms with E-state index in [-0.39, 0.29) is 18.6 Å². The van der Waals surface area contributed by atoms with Crippen LogP contribution in [-0.4, -0.2) is 42.7 Å². The quantitative estimate of drug-likeness (QED) is 0.789. The van der Waals surface area contributed by atoms with E-state index in [9.17, 15) is 4.79 Å². The summed E-state index contributed by atoms with van der Waals surface area (Å²) in [7, 11) is 3.74. The minimum atomic E-state index is -0.196. The van der Waals surface area contributed by atoms with Crippen molar-refractivity contribution in [3.8, 4) is 0 Å². The Kier molecular flexibility index (Phi) is 4.90. The summed E-state index contributed by atoms with van der Waals surface area (Å²) in [4.78, 5) is 17.8. The van der Waals surface area contributed by atoms with Crippen LogP contribution in [0.15, 0.2) is 18.3 Å². The molecule has 0 aliphatic carbocycles. The second-order valence-corrected chi connectivity index (χ2v) is 4.06. The van der Waals surface area contributed by atoms with Crippen molar-refractivity contribution in [2.75, 3.05) is 25.6 Å². The molecule has 1 amide bonds. The zero-order valence-corrected chi connectivity index (χ0v) is 10.5. The van der Waals surface area contributed by atoms with Gasteiger partial charge in [0.05, 0.1) is 12.6 Å². The number of carbonyl (C=O) groups is 1. The maximum Gasteiger partial charge on any atom is 0.251 e. The van der Waals surface area contributed by atoms with Gasteiger partial charge in [-0.25, -0.2) is 4.98 Å². The van der Waals surface area contributed by atoms with Crippen LogP contribution >= 0.6 is 0 Å². The number of hydrogen-bond donors (Lipinski definition) is 2. The summed E-state index contributed by atoms with van der Waals surface area (Å²) in [6, 6.07) is 3.18. The van der Waals surface area contributed by atoms with Gasteiger partial charge in [-0.05, 0) is 18.6 Å². The standard InChI is InChI=1S/C12H19N3O2/c1-4-10(8-16)14-12(17)9-5-6-13-11(7-9)15(2)3/h5-7,10,16H,4,8H2,1-3H3,(H,14,17)/t10-/m1/s1. The molecule has 5 nitrogen and oxygen atoms in total. The third-order valence-corrected chi connectivity index (χ3v) is 2.51. The maximum absolute atomic E-state index is 11.9. The lowest BCUT2D eigenvalue weighted by molar-refractivity contribution is 0.0915. The number of pyridine rings is 1. The van der Waals surface area contributed by atoms with Gasteiger partial charge in [-0.1, -0.05) is 6.92 Å². The van der Waals surface area contributed by atoms with E-state index in [4.69, 9.17) is 5.11 Å². The zero-order chi connectivity index (χ0) is 12.8. The van der Waals surface area contributed by atoms with Crippen molar-refractivity contribution in [2.24, 2.45) is 0 Å². The molecule has 0 spiro atoms. The fraction of sp³-hybridized carbons (Fsp3) is 0.500. The molecule has 0 aliphatic rings. The minimum Gasteiger partial charge on any atom is -0.394 e. The number of aromatic nitrogens is 1. The normalized spacial score (nSPS) is 12.0. The summed E-state index contributed by atoms with van der Waals surface area (Å²) >= 11 is 0. The van der Waals surface area contributed by atoms with Crippen molar-refractivity contribution in [1.82, 2.24) is 10.3 Å². The molecule has 0 fully saturated rings. The fourth-order valence-electron chi connectivity index (χ4n) is 1.35. The number of hydrogen-bond acceptors (Lipinski definition) is 4. The molecule has 0 unspecified atom stereocenters. The lowest BCUT2D eigenvalue weighted by Crippen LogP contribution is -2.37. The SMILES string of the molecule is CC[C@H](CO)NC(=O)c1ccnc(N(C)C)c1. The Morgan fingerprint density at radius 1 is 1.59 bits per heavy atom. The van der Waals surface area contributed by atoms with Crippen LogP contribution in [0.2, 0.25) is 0 Å². The Balaban J connectivity index is 2.78. The highest BCUT2D eigenvalue weighted by Gasteiger charge is 2.12. The molecule has 1 rings (SSSR count). The number of aliphatic hydroxyl groups excluding tert-OH is 1. The molecule has 0 aliphatic heterocycles. The van der Waals surface area contributed by atoms with Gasteiger partial charge < -0.3 is 15.3 Å². The van der Waals surface area contributed by atoms with Crippen LogP contribution in [0, 0.1) is 0 Å². The van der Waals surface area contributed by atoms with Gasteiger partial charge in [0.1, 0.15) is 5.82 Å². The Hall–Kier alpha value is -1.62. The van der Waals surface area contributed by atoms with E-state index in [1.807, 2.05) is 25.9 Å². The van der Waals surface area contributed by atoms with Gasteiger partial charge in [-0.15, -0.1) is 0 Å². The second kappa shape index (κ2) is 6.20. The molecule has 1 heterocycles. The molecule has 0 aromatic carbocycles. The van der Waals surface area contributed by atoms with Crippen LogP contribution < -0.4 is 10.2 Å². The van der Waals surface area contributed by atoms with Crippen LogP contribution in [0.25, 0.3) is 0 Å². The van der Waals surface area contributed by atoms with Gasteiger partial charge in [0.15, 0.2) is 0 Å². The average molecular weight is 237 g/mol. The molecule has 0 radical (unpaired) electrons. The monoisotopic (exact) mass is 237 g/mol. The fourth-order valence-corrected chi connectivity index (χ4v) is 1.35. The first-order valence-corrected chi connectivity index (χ1v) is 5.63. The largest absolute Gasteiger partial charge is 0.394 e. The maximum atomic E-state index is 11.9. The van der Waals surface area contributed by atoms with Gasteiger partial charge in [-0.2, -0.15) is 0 Å². The Bertz CT molecular complexity index is 376. The number of nitrogens with zero attached hydrogens (tertiary/aromatic N) is 2. The molecule has 1 aromatic rings. The Labute approximate surface area is 101 Å². The van der Waals surface area contributed by atoms with E-state index in [0.29, 0.717) is 12.0 Å². The van der Waals surface area contributed by atoms with Crippen molar-refractivity contribution in [3.63, 3.8) is 0 Å². The molecule has 0 saturated carbocycles. The molecule has 1 aromatic heterocycles. The molecule has 94 valence electrons. The highest BCUT2D eigenvalue weighted by atomic mass is 16.3. The van der Waals surface area contributed by atoms with E-state index in [1.165, 1.54) is 0 Å². The summed E-state index contributed by atoms with van der Waals surface area (Å²) < 4.78 is 0. The van der Waals surface area contributed by atoms with Gasteiger partial charge in [0.2, 0.25) is 0 Å². The van der Waals surface area contributed by atoms with Crippen LogP contribution in [-0.2, 0) is 0 Å². The van der Waals surface area contributed by atoms with E-state index in [2.05, 4.69) is 10.3 Å². The van der Waals surface area contributed by atoms with Crippen LogP contribution in [0.5, 0.6) is 0 Å². The first kappa shape index (κ1) is 13.4. The Morgan fingerprint density at radius 3 is 2.82 bits per heavy atom. The van der Waals surface area contributed by atoms with E-state index in [0.717, 1.165) is 5.82 Å². The summed E-state index contributed by atoms with van der Waals surface area (Å²) in [6.07, 6.45) is 2.30. The molecule has 17 heavy (non-hydrogen) atoms. The topological polar surface area (TPSA) is 65.5 Å². The number of anilines is 1. The van der Waals surface area contributed by atoms with Crippen molar-refractivity contribution < 1.29 is 9.90 Å². The summed E-state index contributed by atoms with van der Waals surface area (Å²) in [5.74, 6) is 0.547. The van der Waals surface area contributed by atoms with Crippen LogP contribution in [0.3, 0.4) is 0 Å². The molecule has 5 heteroatoms. The molecular formula is C12H19N3O2. The number of amides is 1. The van der Waals surface area contributed by atoms with Crippen LogP contribution in [0.1, 0.15) is 23.7 Å². The zero-order valence-electron chi connectivity index (χ0n) is 10.5. The van der Waals surface area contributed by atoms with E-state index < -0.39 is 0 Å². The molecule has 0 bridgehead atoms. The van der Waals surface area contributed by atoms with Crippen LogP contribution in [0.4, 0.5) is 5.82 Å². The van der Waals surface area contributed by atoms with Gasteiger partial charge in [0, 0.05) is 25.9 Å². The smallest absolute Gasteiger partial charge is 0.251 e. The molecule has 0 saturated heterocycles. The summed E-state index contributed by atoms with van der Waals surface area (Å²) in [6.45, 7) is 1.87. The molecule has 2 N–H and O–H groups in total. The second-order valence-electron chi connectivity index (χ2n) is 4.06. The third kappa shape index (κ3) is 3.71. The lowest BCUT2D eigenvalue weighted by atomic mass is 10.2. The highest BCUT2D eigenvalue weighted by molar-refractivity contribution is 5.95. The van der Waals surface area contributed by atoms with Gasteiger partial charge in [0.25, 0.3) is 5.91 Å². The number of rotatable bonds is 5.